The Balaban J connectivity index is 0.000000596. The molecule has 1 atom stereocenters. The van der Waals surface area contributed by atoms with Crippen LogP contribution in [0.1, 0.15) is 51.2 Å². The van der Waals surface area contributed by atoms with Crippen LogP contribution in [0.5, 0.6) is 11.5 Å². The van der Waals surface area contributed by atoms with Gasteiger partial charge in [-0.15, -0.1) is 0 Å². The first-order chi connectivity index (χ1) is 12.5. The quantitative estimate of drug-likeness (QED) is 0.562. The summed E-state index contributed by atoms with van der Waals surface area (Å²) in [5.41, 5.74) is 2.69. The number of phenolic OH excluding ortho intramolecular Hbond substituents is 2. The molecule has 1 aliphatic rings. The molecule has 3 rings (SSSR count). The highest BCUT2D eigenvalue weighted by atomic mass is 16.6. The van der Waals surface area contributed by atoms with Gasteiger partial charge in [-0.3, -0.25) is 0 Å². The fraction of sp³-hybridized carbons (Fsp3) is 0.409. The minimum absolute atomic E-state index is 0.0669. The first kappa shape index (κ1) is 20.6. The molecule has 4 N–H and O–H groups in total. The highest BCUT2D eigenvalue weighted by Gasteiger charge is 2.45. The monoisotopic (exact) mass is 372 g/mol. The predicted octanol–water partition coefficient (Wildman–Crippen LogP) is 5.45. The van der Waals surface area contributed by atoms with Crippen LogP contribution in [-0.4, -0.2) is 26.6 Å². The molecule has 1 fully saturated rings. The molecule has 146 valence electrons. The number of carbonyl (C=O) groups is 1. The third-order valence-electron chi connectivity index (χ3n) is 5.22. The molecular formula is C22H28O5. The number of hydrogen-bond donors (Lipinski definition) is 4. The van der Waals surface area contributed by atoms with E-state index in [0.717, 1.165) is 12.8 Å². The molecule has 2 aromatic carbocycles. The smallest absolute Gasteiger partial charge is 0.503 e. The normalized spacial score (nSPS) is 20.2. The zero-order valence-corrected chi connectivity index (χ0v) is 16.0. The summed E-state index contributed by atoms with van der Waals surface area (Å²) < 4.78 is 0. The van der Waals surface area contributed by atoms with Crippen LogP contribution in [0.25, 0.3) is 0 Å². The van der Waals surface area contributed by atoms with E-state index in [1.165, 1.54) is 17.5 Å². The van der Waals surface area contributed by atoms with Gasteiger partial charge in [-0.05, 0) is 66.0 Å². The molecule has 1 saturated carbocycles. The van der Waals surface area contributed by atoms with E-state index in [-0.39, 0.29) is 10.8 Å². The molecule has 0 saturated heterocycles. The van der Waals surface area contributed by atoms with E-state index in [2.05, 4.69) is 45.0 Å². The third-order valence-corrected chi connectivity index (χ3v) is 5.22. The van der Waals surface area contributed by atoms with Crippen molar-refractivity contribution >= 4 is 6.16 Å². The molecule has 1 aliphatic carbocycles. The number of rotatable bonds is 2. The van der Waals surface area contributed by atoms with Gasteiger partial charge in [-0.2, -0.15) is 0 Å². The first-order valence-electron chi connectivity index (χ1n) is 9.05. The maximum atomic E-state index is 9.67. The van der Waals surface area contributed by atoms with E-state index in [1.54, 1.807) is 24.3 Å². The van der Waals surface area contributed by atoms with Crippen molar-refractivity contribution in [2.75, 3.05) is 0 Å². The molecule has 0 aromatic heterocycles. The minimum Gasteiger partial charge on any atom is -0.508 e. The summed E-state index contributed by atoms with van der Waals surface area (Å²) in [4.78, 5) is 8.56. The maximum absolute atomic E-state index is 9.67. The topological polar surface area (TPSA) is 98.0 Å². The molecule has 5 heteroatoms. The van der Waals surface area contributed by atoms with Crippen LogP contribution in [0.3, 0.4) is 0 Å². The molecule has 2 aromatic rings. The molecule has 0 spiro atoms. The number of hydrogen-bond acceptors (Lipinski definition) is 3. The van der Waals surface area contributed by atoms with Crippen molar-refractivity contribution in [2.24, 2.45) is 11.3 Å². The number of aromatic hydroxyl groups is 2. The second-order valence-electron chi connectivity index (χ2n) is 8.31. The van der Waals surface area contributed by atoms with Gasteiger partial charge in [-0.25, -0.2) is 4.79 Å². The summed E-state index contributed by atoms with van der Waals surface area (Å²) in [6.07, 6.45) is 1.55. The van der Waals surface area contributed by atoms with Gasteiger partial charge in [-0.1, -0.05) is 45.0 Å². The molecule has 0 bridgehead atoms. The highest BCUT2D eigenvalue weighted by Crippen LogP contribution is 2.53. The standard InChI is InChI=1S/C21H26O2.CH2O3/c1-15-12-20(2,3)14-21(13-15,16-4-8-18(22)9-5-16)17-6-10-19(23)11-7-17;2-1(3)4/h4-11,15,22-23H,12-14H2,1-3H3;(H2,2,3,4). The lowest BCUT2D eigenvalue weighted by atomic mass is 9.55. The first-order valence-corrected chi connectivity index (χ1v) is 9.05. The summed E-state index contributed by atoms with van der Waals surface area (Å²) in [5.74, 6) is 1.23. The second-order valence-corrected chi connectivity index (χ2v) is 8.31. The zero-order valence-electron chi connectivity index (χ0n) is 16.0. The fourth-order valence-corrected chi connectivity index (χ4v) is 4.74. The van der Waals surface area contributed by atoms with E-state index < -0.39 is 6.16 Å². The van der Waals surface area contributed by atoms with E-state index in [1.807, 2.05) is 0 Å². The Bertz CT molecular complexity index is 713. The Morgan fingerprint density at radius 3 is 1.56 bits per heavy atom. The van der Waals surface area contributed by atoms with Gasteiger partial charge in [0.1, 0.15) is 11.5 Å². The van der Waals surface area contributed by atoms with Crippen molar-refractivity contribution < 1.29 is 25.2 Å². The van der Waals surface area contributed by atoms with Crippen LogP contribution in [0.4, 0.5) is 4.79 Å². The Morgan fingerprint density at radius 1 is 0.852 bits per heavy atom. The van der Waals surface area contributed by atoms with Crippen molar-refractivity contribution in [3.63, 3.8) is 0 Å². The average Bonchev–Trinajstić information content (AvgIpc) is 2.53. The van der Waals surface area contributed by atoms with Crippen molar-refractivity contribution in [2.45, 2.75) is 45.4 Å². The molecule has 0 amide bonds. The van der Waals surface area contributed by atoms with Crippen LogP contribution in [-0.2, 0) is 5.41 Å². The SMILES string of the molecule is CC1CC(C)(C)CC(c2ccc(O)cc2)(c2ccc(O)cc2)C1.O=C(O)O. The van der Waals surface area contributed by atoms with Gasteiger partial charge in [0.25, 0.3) is 0 Å². The predicted molar refractivity (Wildman–Crippen MR) is 104 cm³/mol. The Morgan fingerprint density at radius 2 is 1.22 bits per heavy atom. The van der Waals surface area contributed by atoms with Crippen LogP contribution >= 0.6 is 0 Å². The minimum atomic E-state index is -1.83. The molecule has 5 nitrogen and oxygen atoms in total. The van der Waals surface area contributed by atoms with Gasteiger partial charge < -0.3 is 20.4 Å². The van der Waals surface area contributed by atoms with Crippen molar-refractivity contribution in [3.8, 4) is 11.5 Å². The van der Waals surface area contributed by atoms with Gasteiger partial charge in [0.15, 0.2) is 0 Å². The average molecular weight is 372 g/mol. The lowest BCUT2D eigenvalue weighted by Crippen LogP contribution is -2.41. The summed E-state index contributed by atoms with van der Waals surface area (Å²) in [6.45, 7) is 7.02. The Labute approximate surface area is 159 Å². The van der Waals surface area contributed by atoms with E-state index >= 15 is 0 Å². The molecule has 0 heterocycles. The van der Waals surface area contributed by atoms with E-state index in [4.69, 9.17) is 15.0 Å². The summed E-state index contributed by atoms with van der Waals surface area (Å²) >= 11 is 0. The summed E-state index contributed by atoms with van der Waals surface area (Å²) in [7, 11) is 0. The highest BCUT2D eigenvalue weighted by molar-refractivity contribution is 5.53. The Kier molecular flexibility index (Phi) is 6.04. The molecule has 0 aliphatic heterocycles. The van der Waals surface area contributed by atoms with Gasteiger partial charge in [0, 0.05) is 5.41 Å². The van der Waals surface area contributed by atoms with Crippen molar-refractivity contribution in [1.29, 1.82) is 0 Å². The van der Waals surface area contributed by atoms with E-state index in [9.17, 15) is 10.2 Å². The zero-order chi connectivity index (χ0) is 20.2. The molecular weight excluding hydrogens is 344 g/mol. The second kappa shape index (κ2) is 7.91. The van der Waals surface area contributed by atoms with Gasteiger partial charge >= 0.3 is 6.16 Å². The summed E-state index contributed by atoms with van der Waals surface area (Å²) in [6, 6.07) is 15.3. The third kappa shape index (κ3) is 5.16. The van der Waals surface area contributed by atoms with Crippen LogP contribution in [0, 0.1) is 11.3 Å². The lowest BCUT2D eigenvalue weighted by Gasteiger charge is -2.48. The van der Waals surface area contributed by atoms with Gasteiger partial charge in [0.05, 0.1) is 0 Å². The van der Waals surface area contributed by atoms with Crippen molar-refractivity contribution in [1.82, 2.24) is 0 Å². The Hall–Kier alpha value is -2.69. The van der Waals surface area contributed by atoms with Crippen LogP contribution in [0.15, 0.2) is 48.5 Å². The molecule has 0 radical (unpaired) electrons. The molecule has 27 heavy (non-hydrogen) atoms. The van der Waals surface area contributed by atoms with Gasteiger partial charge in [0.2, 0.25) is 0 Å². The number of phenols is 2. The van der Waals surface area contributed by atoms with Crippen molar-refractivity contribution in [3.05, 3.63) is 59.7 Å². The lowest BCUT2D eigenvalue weighted by molar-refractivity contribution is 0.127. The maximum Gasteiger partial charge on any atom is 0.503 e. The number of benzene rings is 2. The van der Waals surface area contributed by atoms with Crippen LogP contribution in [0.2, 0.25) is 0 Å². The fourth-order valence-electron chi connectivity index (χ4n) is 4.74. The number of carboxylic acid groups (broad SMARTS) is 2. The molecule has 1 unspecified atom stereocenters. The van der Waals surface area contributed by atoms with Crippen LogP contribution < -0.4 is 0 Å². The van der Waals surface area contributed by atoms with E-state index in [0.29, 0.717) is 17.4 Å². The summed E-state index contributed by atoms with van der Waals surface area (Å²) in [5, 5.41) is 33.3. The largest absolute Gasteiger partial charge is 0.508 e.